The van der Waals surface area contributed by atoms with Gasteiger partial charge in [-0.1, -0.05) is 13.3 Å². The van der Waals surface area contributed by atoms with Gasteiger partial charge in [-0.15, -0.1) is 0 Å². The second kappa shape index (κ2) is 4.07. The molecule has 2 atom stereocenters. The van der Waals surface area contributed by atoms with Crippen LogP contribution in [-0.4, -0.2) is 29.3 Å². The third-order valence-electron chi connectivity index (χ3n) is 2.53. The van der Waals surface area contributed by atoms with Crippen LogP contribution in [0, 0.1) is 0 Å². The number of rotatable bonds is 3. The van der Waals surface area contributed by atoms with E-state index in [-0.39, 0.29) is 6.10 Å². The molecule has 0 radical (unpaired) electrons. The van der Waals surface area contributed by atoms with Crippen LogP contribution in [0.2, 0.25) is 0 Å². The van der Waals surface area contributed by atoms with Gasteiger partial charge in [0.2, 0.25) is 0 Å². The van der Waals surface area contributed by atoms with E-state index in [1.807, 2.05) is 0 Å². The molecule has 4 nitrogen and oxygen atoms in total. The Morgan fingerprint density at radius 1 is 1.77 bits per heavy atom. The number of nitrogens with two attached hydrogens (primary N) is 1. The second-order valence-electron chi connectivity index (χ2n) is 3.70. The van der Waals surface area contributed by atoms with Gasteiger partial charge < -0.3 is 15.6 Å². The van der Waals surface area contributed by atoms with Crippen LogP contribution in [0.3, 0.4) is 0 Å². The minimum atomic E-state index is -1.06. The number of carboxylic acids is 1. The number of aliphatic carboxylic acids is 1. The molecule has 0 aromatic rings. The van der Waals surface area contributed by atoms with Gasteiger partial charge in [-0.05, 0) is 12.8 Å². The van der Waals surface area contributed by atoms with Gasteiger partial charge in [0.05, 0.1) is 6.10 Å². The Morgan fingerprint density at radius 3 is 3.00 bits per heavy atom. The smallest absolute Gasteiger partial charge is 0.323 e. The molecule has 76 valence electrons. The first-order valence-electron chi connectivity index (χ1n) is 4.72. The Hall–Kier alpha value is -0.610. The average Bonchev–Trinajstić information content (AvgIpc) is 2.04. The van der Waals surface area contributed by atoms with Crippen molar-refractivity contribution in [2.75, 3.05) is 6.61 Å². The zero-order valence-corrected chi connectivity index (χ0v) is 7.95. The summed E-state index contributed by atoms with van der Waals surface area (Å²) in [6.45, 7) is 2.52. The molecule has 1 rings (SSSR count). The summed E-state index contributed by atoms with van der Waals surface area (Å²) in [7, 11) is 0. The van der Waals surface area contributed by atoms with Gasteiger partial charge in [0.1, 0.15) is 5.54 Å². The molecule has 4 heteroatoms. The molecule has 0 aromatic heterocycles. The van der Waals surface area contributed by atoms with Crippen LogP contribution >= 0.6 is 0 Å². The lowest BCUT2D eigenvalue weighted by molar-refractivity contribution is -0.149. The Kier molecular flexibility index (Phi) is 3.27. The maximum absolute atomic E-state index is 10.8. The molecule has 1 aliphatic rings. The van der Waals surface area contributed by atoms with Crippen LogP contribution in [-0.2, 0) is 9.53 Å². The van der Waals surface area contributed by atoms with Crippen LogP contribution in [0.5, 0.6) is 0 Å². The minimum absolute atomic E-state index is 0.0276. The highest BCUT2D eigenvalue weighted by molar-refractivity contribution is 5.78. The number of hydrogen-bond donors (Lipinski definition) is 2. The summed E-state index contributed by atoms with van der Waals surface area (Å²) in [5.41, 5.74) is 4.69. The lowest BCUT2D eigenvalue weighted by Gasteiger charge is -2.34. The highest BCUT2D eigenvalue weighted by atomic mass is 16.5. The van der Waals surface area contributed by atoms with Gasteiger partial charge in [0.25, 0.3) is 0 Å². The van der Waals surface area contributed by atoms with E-state index in [1.165, 1.54) is 0 Å². The normalized spacial score (nSPS) is 34.5. The molecule has 13 heavy (non-hydrogen) atoms. The van der Waals surface area contributed by atoms with Gasteiger partial charge in [-0.25, -0.2) is 0 Å². The maximum atomic E-state index is 10.8. The van der Waals surface area contributed by atoms with Crippen molar-refractivity contribution in [1.82, 2.24) is 0 Å². The quantitative estimate of drug-likeness (QED) is 0.683. The lowest BCUT2D eigenvalue weighted by Crippen LogP contribution is -2.54. The van der Waals surface area contributed by atoms with Crippen molar-refractivity contribution in [2.45, 2.75) is 44.2 Å². The molecule has 0 amide bonds. The Labute approximate surface area is 78.1 Å². The van der Waals surface area contributed by atoms with Crippen LogP contribution in [0.1, 0.15) is 32.6 Å². The molecule has 1 heterocycles. The van der Waals surface area contributed by atoms with E-state index in [9.17, 15) is 4.79 Å². The maximum Gasteiger partial charge on any atom is 0.323 e. The molecule has 0 aromatic carbocycles. The summed E-state index contributed by atoms with van der Waals surface area (Å²) >= 11 is 0. The van der Waals surface area contributed by atoms with Gasteiger partial charge in [0, 0.05) is 13.0 Å². The first-order chi connectivity index (χ1) is 6.08. The van der Waals surface area contributed by atoms with Crippen LogP contribution in [0.25, 0.3) is 0 Å². The summed E-state index contributed by atoms with van der Waals surface area (Å²) in [6, 6.07) is 0. The summed E-state index contributed by atoms with van der Waals surface area (Å²) in [5.74, 6) is -0.906. The predicted molar refractivity (Wildman–Crippen MR) is 48.4 cm³/mol. The topological polar surface area (TPSA) is 72.6 Å². The molecule has 0 bridgehead atoms. The minimum Gasteiger partial charge on any atom is -0.480 e. The first kappa shape index (κ1) is 10.5. The highest BCUT2D eigenvalue weighted by Crippen LogP contribution is 2.25. The van der Waals surface area contributed by atoms with E-state index in [0.717, 1.165) is 12.8 Å². The van der Waals surface area contributed by atoms with Crippen molar-refractivity contribution in [3.63, 3.8) is 0 Å². The number of carboxylic acid groups (broad SMARTS) is 1. The van der Waals surface area contributed by atoms with Crippen LogP contribution < -0.4 is 5.73 Å². The largest absolute Gasteiger partial charge is 0.480 e. The Balaban J connectivity index is 2.54. The zero-order chi connectivity index (χ0) is 9.90. The predicted octanol–water partition coefficient (Wildman–Crippen LogP) is 0.748. The van der Waals surface area contributed by atoms with E-state index < -0.39 is 11.5 Å². The fraction of sp³-hybridized carbons (Fsp3) is 0.889. The fourth-order valence-corrected chi connectivity index (χ4v) is 1.68. The number of ether oxygens (including phenoxy) is 1. The molecule has 0 saturated carbocycles. The fourth-order valence-electron chi connectivity index (χ4n) is 1.68. The van der Waals surface area contributed by atoms with Crippen molar-refractivity contribution >= 4 is 5.97 Å². The molecular formula is C9H17NO3. The van der Waals surface area contributed by atoms with Gasteiger partial charge in [-0.3, -0.25) is 4.79 Å². The first-order valence-corrected chi connectivity index (χ1v) is 4.72. The van der Waals surface area contributed by atoms with E-state index in [1.54, 1.807) is 0 Å². The Bertz CT molecular complexity index is 193. The monoisotopic (exact) mass is 187 g/mol. The Morgan fingerprint density at radius 2 is 2.46 bits per heavy atom. The average molecular weight is 187 g/mol. The summed E-state index contributed by atoms with van der Waals surface area (Å²) in [6.07, 6.45) is 2.78. The van der Waals surface area contributed by atoms with Gasteiger partial charge in [-0.2, -0.15) is 0 Å². The number of carbonyl (C=O) groups is 1. The van der Waals surface area contributed by atoms with Crippen molar-refractivity contribution in [1.29, 1.82) is 0 Å². The molecule has 1 saturated heterocycles. The molecule has 1 aliphatic heterocycles. The highest BCUT2D eigenvalue weighted by Gasteiger charge is 2.39. The standard InChI is InChI=1S/C9H17NO3/c1-2-3-7-6-9(10,8(11)12)4-5-13-7/h7H,2-6,10H2,1H3,(H,11,12). The molecule has 3 N–H and O–H groups in total. The molecular weight excluding hydrogens is 170 g/mol. The molecule has 1 fully saturated rings. The van der Waals surface area contributed by atoms with E-state index >= 15 is 0 Å². The van der Waals surface area contributed by atoms with Gasteiger partial charge >= 0.3 is 5.97 Å². The van der Waals surface area contributed by atoms with Gasteiger partial charge in [0.15, 0.2) is 0 Å². The van der Waals surface area contributed by atoms with Crippen molar-refractivity contribution in [2.24, 2.45) is 5.73 Å². The van der Waals surface area contributed by atoms with Crippen molar-refractivity contribution < 1.29 is 14.6 Å². The van der Waals surface area contributed by atoms with Crippen molar-refractivity contribution in [3.05, 3.63) is 0 Å². The number of hydrogen-bond acceptors (Lipinski definition) is 3. The van der Waals surface area contributed by atoms with Crippen molar-refractivity contribution in [3.8, 4) is 0 Å². The summed E-state index contributed by atoms with van der Waals surface area (Å²) < 4.78 is 5.42. The van der Waals surface area contributed by atoms with E-state index in [2.05, 4.69) is 6.92 Å². The summed E-state index contributed by atoms with van der Waals surface area (Å²) in [5, 5.41) is 8.90. The van der Waals surface area contributed by atoms with Crippen LogP contribution in [0.4, 0.5) is 0 Å². The zero-order valence-electron chi connectivity index (χ0n) is 7.95. The molecule has 0 aliphatic carbocycles. The second-order valence-corrected chi connectivity index (χ2v) is 3.70. The third-order valence-corrected chi connectivity index (χ3v) is 2.53. The van der Waals surface area contributed by atoms with E-state index in [4.69, 9.17) is 15.6 Å². The van der Waals surface area contributed by atoms with E-state index in [0.29, 0.717) is 19.4 Å². The van der Waals surface area contributed by atoms with Crippen LogP contribution in [0.15, 0.2) is 0 Å². The SMILES string of the molecule is CCCC1CC(N)(C(=O)O)CCO1. The summed E-state index contributed by atoms with van der Waals surface area (Å²) in [4.78, 5) is 10.8. The molecule has 0 spiro atoms. The third kappa shape index (κ3) is 2.42. The molecule has 2 unspecified atom stereocenters. The lowest BCUT2D eigenvalue weighted by atomic mass is 9.86.